The van der Waals surface area contributed by atoms with Crippen molar-refractivity contribution in [1.82, 2.24) is 10.2 Å². The Balaban J connectivity index is 1.47. The van der Waals surface area contributed by atoms with Crippen molar-refractivity contribution < 1.29 is 18.7 Å². The Kier molecular flexibility index (Phi) is 5.07. The number of amides is 2. The van der Waals surface area contributed by atoms with Crippen molar-refractivity contribution in [1.29, 1.82) is 0 Å². The molecule has 3 atom stereocenters. The first-order valence-electron chi connectivity index (χ1n) is 10.7. The number of fused-ring (bicyclic) bond motifs is 2. The maximum absolute atomic E-state index is 13.7. The molecule has 1 aromatic rings. The van der Waals surface area contributed by atoms with Gasteiger partial charge in [-0.05, 0) is 82.1 Å². The van der Waals surface area contributed by atoms with E-state index in [1.807, 2.05) is 31.7 Å². The van der Waals surface area contributed by atoms with Gasteiger partial charge in [0.15, 0.2) is 0 Å². The maximum atomic E-state index is 13.7. The second-order valence-electron chi connectivity index (χ2n) is 9.92. The first kappa shape index (κ1) is 20.2. The summed E-state index contributed by atoms with van der Waals surface area (Å²) in [7, 11) is 0. The number of alkyl carbamates (subject to hydrolysis) is 1. The average molecular weight is 403 g/mol. The molecule has 2 saturated carbocycles. The predicted molar refractivity (Wildman–Crippen MR) is 108 cm³/mol. The molecule has 0 bridgehead atoms. The van der Waals surface area contributed by atoms with Crippen LogP contribution >= 0.6 is 0 Å². The fourth-order valence-electron chi connectivity index (χ4n) is 5.59. The number of nitrogens with zero attached hydrogens (tertiary/aromatic N) is 1. The molecule has 5 nitrogen and oxygen atoms in total. The molecule has 29 heavy (non-hydrogen) atoms. The van der Waals surface area contributed by atoms with Gasteiger partial charge in [-0.2, -0.15) is 0 Å². The standard InChI is InChI=1S/C23H31FN2O3/c1-22(2,3)29-21(28)25-19-12-17-5-4-9-23(17,13-19)20(27)26-10-8-15-6-7-18(24)11-16(15)14-26/h6-7,11,17,19H,4-5,8-10,12-14H2,1-3H3,(H,25,28)/t17-,19-,23-/m1/s1. The zero-order chi connectivity index (χ0) is 20.8. The normalized spacial score (nSPS) is 28.6. The van der Waals surface area contributed by atoms with E-state index in [-0.39, 0.29) is 17.8 Å². The zero-order valence-electron chi connectivity index (χ0n) is 17.6. The van der Waals surface area contributed by atoms with Gasteiger partial charge in [-0.1, -0.05) is 12.5 Å². The molecule has 0 spiro atoms. The molecule has 158 valence electrons. The minimum atomic E-state index is -0.539. The number of carbonyl (C=O) groups is 2. The quantitative estimate of drug-likeness (QED) is 0.807. The van der Waals surface area contributed by atoms with E-state index in [4.69, 9.17) is 4.74 Å². The smallest absolute Gasteiger partial charge is 0.407 e. The number of hydrogen-bond acceptors (Lipinski definition) is 3. The van der Waals surface area contributed by atoms with Gasteiger partial charge in [-0.3, -0.25) is 4.79 Å². The van der Waals surface area contributed by atoms with Gasteiger partial charge in [0.25, 0.3) is 0 Å². The number of halogens is 1. The summed E-state index contributed by atoms with van der Waals surface area (Å²) in [6, 6.07) is 4.85. The molecular formula is C23H31FN2O3. The Hall–Kier alpha value is -2.11. The lowest BCUT2D eigenvalue weighted by Gasteiger charge is -2.37. The monoisotopic (exact) mass is 402 g/mol. The van der Waals surface area contributed by atoms with Gasteiger partial charge in [0.1, 0.15) is 11.4 Å². The Morgan fingerprint density at radius 3 is 2.83 bits per heavy atom. The number of hydrogen-bond donors (Lipinski definition) is 1. The molecule has 0 radical (unpaired) electrons. The summed E-state index contributed by atoms with van der Waals surface area (Å²) in [5, 5.41) is 2.99. The highest BCUT2D eigenvalue weighted by Gasteiger charge is 2.56. The lowest BCUT2D eigenvalue weighted by Crippen LogP contribution is -2.47. The molecule has 2 aliphatic carbocycles. The Bertz CT molecular complexity index is 819. The number of nitrogens with one attached hydrogen (secondary N) is 1. The topological polar surface area (TPSA) is 58.6 Å². The largest absolute Gasteiger partial charge is 0.444 e. The molecule has 2 amide bonds. The van der Waals surface area contributed by atoms with Crippen LogP contribution in [0.1, 0.15) is 64.0 Å². The first-order valence-corrected chi connectivity index (χ1v) is 10.7. The lowest BCUT2D eigenvalue weighted by molar-refractivity contribution is -0.144. The summed E-state index contributed by atoms with van der Waals surface area (Å²) in [6.07, 6.45) is 4.79. The molecule has 0 aromatic heterocycles. The molecule has 2 fully saturated rings. The maximum Gasteiger partial charge on any atom is 0.407 e. The van der Waals surface area contributed by atoms with Gasteiger partial charge in [-0.25, -0.2) is 9.18 Å². The number of carbonyl (C=O) groups excluding carboxylic acids is 2. The van der Waals surface area contributed by atoms with Crippen molar-refractivity contribution in [3.05, 3.63) is 35.1 Å². The van der Waals surface area contributed by atoms with Gasteiger partial charge in [-0.15, -0.1) is 0 Å². The van der Waals surface area contributed by atoms with Gasteiger partial charge in [0.2, 0.25) is 5.91 Å². The van der Waals surface area contributed by atoms with Crippen LogP contribution in [0.2, 0.25) is 0 Å². The van der Waals surface area contributed by atoms with E-state index < -0.39 is 17.1 Å². The van der Waals surface area contributed by atoms with Crippen LogP contribution in [0.25, 0.3) is 0 Å². The molecule has 4 rings (SSSR count). The highest BCUT2D eigenvalue weighted by molar-refractivity contribution is 5.84. The molecule has 1 aromatic carbocycles. The summed E-state index contributed by atoms with van der Waals surface area (Å²) in [5.74, 6) is 0.227. The van der Waals surface area contributed by atoms with Crippen molar-refractivity contribution >= 4 is 12.0 Å². The molecule has 6 heteroatoms. The van der Waals surface area contributed by atoms with E-state index in [1.54, 1.807) is 6.07 Å². The number of rotatable bonds is 2. The summed E-state index contributed by atoms with van der Waals surface area (Å²) >= 11 is 0. The van der Waals surface area contributed by atoms with Crippen LogP contribution in [0, 0.1) is 17.2 Å². The van der Waals surface area contributed by atoms with Crippen LogP contribution in [0.5, 0.6) is 0 Å². The third-order valence-electron chi connectivity index (χ3n) is 6.75. The van der Waals surface area contributed by atoms with Crippen LogP contribution in [-0.2, 0) is 22.5 Å². The fraction of sp³-hybridized carbons (Fsp3) is 0.652. The molecule has 1 aliphatic heterocycles. The van der Waals surface area contributed by atoms with Crippen molar-refractivity contribution in [2.45, 2.75) is 77.5 Å². The third-order valence-corrected chi connectivity index (χ3v) is 6.75. The summed E-state index contributed by atoms with van der Waals surface area (Å²) < 4.78 is 19.1. The third kappa shape index (κ3) is 3.99. The van der Waals surface area contributed by atoms with Gasteiger partial charge < -0.3 is 15.0 Å². The van der Waals surface area contributed by atoms with Gasteiger partial charge in [0.05, 0.1) is 5.41 Å². The van der Waals surface area contributed by atoms with E-state index >= 15 is 0 Å². The van der Waals surface area contributed by atoms with Crippen LogP contribution < -0.4 is 5.32 Å². The molecule has 1 N–H and O–H groups in total. The Morgan fingerprint density at radius 1 is 1.28 bits per heavy atom. The first-order chi connectivity index (χ1) is 13.7. The van der Waals surface area contributed by atoms with Crippen molar-refractivity contribution in [2.24, 2.45) is 11.3 Å². The van der Waals surface area contributed by atoms with E-state index in [0.717, 1.165) is 43.2 Å². The number of ether oxygens (including phenoxy) is 1. The molecule has 3 aliphatic rings. The van der Waals surface area contributed by atoms with E-state index in [2.05, 4.69) is 5.32 Å². The fourth-order valence-corrected chi connectivity index (χ4v) is 5.59. The second kappa shape index (κ2) is 7.29. The van der Waals surface area contributed by atoms with Crippen LogP contribution in [0.15, 0.2) is 18.2 Å². The van der Waals surface area contributed by atoms with Crippen LogP contribution in [0.4, 0.5) is 9.18 Å². The second-order valence-corrected chi connectivity index (χ2v) is 9.92. The van der Waals surface area contributed by atoms with Gasteiger partial charge >= 0.3 is 6.09 Å². The van der Waals surface area contributed by atoms with E-state index in [0.29, 0.717) is 25.4 Å². The summed E-state index contributed by atoms with van der Waals surface area (Å²) in [6.45, 7) is 6.69. The number of benzene rings is 1. The zero-order valence-corrected chi connectivity index (χ0v) is 17.6. The minimum Gasteiger partial charge on any atom is -0.444 e. The van der Waals surface area contributed by atoms with E-state index in [9.17, 15) is 14.0 Å². The van der Waals surface area contributed by atoms with Gasteiger partial charge in [0, 0.05) is 19.1 Å². The molecular weight excluding hydrogens is 371 g/mol. The molecule has 1 heterocycles. The van der Waals surface area contributed by atoms with Crippen molar-refractivity contribution in [3.8, 4) is 0 Å². The molecule has 0 saturated heterocycles. The average Bonchev–Trinajstić information content (AvgIpc) is 3.16. The minimum absolute atomic E-state index is 0.0337. The highest BCUT2D eigenvalue weighted by Crippen LogP contribution is 2.55. The van der Waals surface area contributed by atoms with Crippen LogP contribution in [0.3, 0.4) is 0 Å². The highest BCUT2D eigenvalue weighted by atomic mass is 19.1. The van der Waals surface area contributed by atoms with Crippen molar-refractivity contribution in [3.63, 3.8) is 0 Å². The van der Waals surface area contributed by atoms with E-state index in [1.165, 1.54) is 6.07 Å². The predicted octanol–water partition coefficient (Wildman–Crippen LogP) is 4.18. The van der Waals surface area contributed by atoms with Crippen LogP contribution in [-0.4, -0.2) is 35.1 Å². The molecule has 0 unspecified atom stereocenters. The SMILES string of the molecule is CC(C)(C)OC(=O)N[C@@H]1C[C@H]2CCC[C@@]2(C(=O)N2CCc3ccc(F)cc3C2)C1. The Morgan fingerprint density at radius 2 is 2.07 bits per heavy atom. The summed E-state index contributed by atoms with van der Waals surface area (Å²) in [5.41, 5.74) is 1.11. The summed E-state index contributed by atoms with van der Waals surface area (Å²) in [4.78, 5) is 27.8. The lowest BCUT2D eigenvalue weighted by atomic mass is 9.78. The van der Waals surface area contributed by atoms with Crippen molar-refractivity contribution in [2.75, 3.05) is 6.54 Å². The Labute approximate surface area is 172 Å².